The third-order valence-corrected chi connectivity index (χ3v) is 5.83. The Morgan fingerprint density at radius 3 is 2.92 bits per heavy atom. The fourth-order valence-corrected chi connectivity index (χ4v) is 4.53. The molecule has 0 saturated heterocycles. The average molecular weight is 345 g/mol. The first-order chi connectivity index (χ1) is 12.6. The van der Waals surface area contributed by atoms with Crippen LogP contribution in [0.1, 0.15) is 34.5 Å². The second kappa shape index (κ2) is 5.71. The topological polar surface area (TPSA) is 41.0 Å². The van der Waals surface area contributed by atoms with Crippen molar-refractivity contribution in [2.24, 2.45) is 0 Å². The Labute approximate surface area is 152 Å². The summed E-state index contributed by atoms with van der Waals surface area (Å²) in [7, 11) is 2.19. The smallest absolute Gasteiger partial charge is 0.189 e. The number of aromatic nitrogens is 2. The van der Waals surface area contributed by atoms with Gasteiger partial charge in [0, 0.05) is 60.3 Å². The zero-order valence-corrected chi connectivity index (χ0v) is 15.3. The summed E-state index contributed by atoms with van der Waals surface area (Å²) in [4.78, 5) is 18.1. The van der Waals surface area contributed by atoms with Crippen LogP contribution in [-0.2, 0) is 19.4 Å². The zero-order chi connectivity index (χ0) is 17.8. The molecule has 0 atom stereocenters. The zero-order valence-electron chi connectivity index (χ0n) is 15.3. The third-order valence-electron chi connectivity index (χ3n) is 5.83. The van der Waals surface area contributed by atoms with Crippen LogP contribution in [0.4, 0.5) is 0 Å². The first-order valence-corrected chi connectivity index (χ1v) is 9.34. The number of H-pyrrole nitrogens is 1. The van der Waals surface area contributed by atoms with Gasteiger partial charge in [-0.2, -0.15) is 0 Å². The predicted molar refractivity (Wildman–Crippen MR) is 106 cm³/mol. The van der Waals surface area contributed by atoms with Gasteiger partial charge in [-0.1, -0.05) is 11.6 Å². The summed E-state index contributed by atoms with van der Waals surface area (Å²) in [5.41, 5.74) is 8.62. The minimum absolute atomic E-state index is 0.128. The Bertz CT molecular complexity index is 1120. The van der Waals surface area contributed by atoms with Crippen molar-refractivity contribution in [3.63, 3.8) is 0 Å². The maximum Gasteiger partial charge on any atom is 0.189 e. The fraction of sp³-hybridized carbons (Fsp3) is 0.318. The van der Waals surface area contributed by atoms with Gasteiger partial charge in [0.1, 0.15) is 0 Å². The molecule has 2 aromatic heterocycles. The molecule has 2 aliphatic rings. The summed E-state index contributed by atoms with van der Waals surface area (Å²) < 4.78 is 2.36. The van der Waals surface area contributed by atoms with Gasteiger partial charge < -0.3 is 14.5 Å². The molecule has 0 unspecified atom stereocenters. The summed E-state index contributed by atoms with van der Waals surface area (Å²) in [6.45, 7) is 4.21. The summed E-state index contributed by atoms with van der Waals surface area (Å²) in [6, 6.07) is 8.35. The molecule has 1 aliphatic carbocycles. The number of aryl methyl sites for hydroxylation is 2. The van der Waals surface area contributed by atoms with Gasteiger partial charge in [-0.3, -0.25) is 4.79 Å². The van der Waals surface area contributed by atoms with E-state index in [-0.39, 0.29) is 5.43 Å². The quantitative estimate of drug-likeness (QED) is 0.732. The molecule has 0 bridgehead atoms. The lowest BCUT2D eigenvalue weighted by Gasteiger charge is -2.23. The lowest BCUT2D eigenvalue weighted by Crippen LogP contribution is -2.26. The predicted octanol–water partition coefficient (Wildman–Crippen LogP) is 3.57. The Morgan fingerprint density at radius 2 is 2.04 bits per heavy atom. The molecule has 1 aromatic carbocycles. The Kier molecular flexibility index (Phi) is 3.44. The van der Waals surface area contributed by atoms with Crippen LogP contribution in [0, 0.1) is 6.92 Å². The highest BCUT2D eigenvalue weighted by atomic mass is 16.1. The summed E-state index contributed by atoms with van der Waals surface area (Å²) in [5, 5.41) is 1.35. The first kappa shape index (κ1) is 15.6. The van der Waals surface area contributed by atoms with Crippen LogP contribution in [0.15, 0.2) is 35.3 Å². The Morgan fingerprint density at radius 1 is 1.15 bits per heavy atom. The van der Waals surface area contributed by atoms with Crippen LogP contribution in [0.2, 0.25) is 0 Å². The van der Waals surface area contributed by atoms with Crippen LogP contribution < -0.4 is 5.43 Å². The van der Waals surface area contributed by atoms with E-state index in [4.69, 9.17) is 0 Å². The molecule has 0 fully saturated rings. The van der Waals surface area contributed by atoms with Crippen molar-refractivity contribution in [2.45, 2.75) is 32.7 Å². The molecular weight excluding hydrogens is 322 g/mol. The van der Waals surface area contributed by atoms with Crippen LogP contribution in [-0.4, -0.2) is 28.0 Å². The number of pyridine rings is 1. The molecule has 5 rings (SSSR count). The number of hydrogen-bond acceptors (Lipinski definition) is 2. The Balaban J connectivity index is 1.76. The van der Waals surface area contributed by atoms with E-state index in [1.54, 1.807) is 12.3 Å². The van der Waals surface area contributed by atoms with Crippen molar-refractivity contribution in [2.75, 3.05) is 13.6 Å². The fourth-order valence-electron chi connectivity index (χ4n) is 4.53. The van der Waals surface area contributed by atoms with E-state index in [0.717, 1.165) is 49.2 Å². The van der Waals surface area contributed by atoms with Gasteiger partial charge in [0.25, 0.3) is 0 Å². The third kappa shape index (κ3) is 2.29. The number of aromatic amines is 1. The van der Waals surface area contributed by atoms with E-state index in [1.807, 2.05) is 0 Å². The minimum atomic E-state index is 0.128. The second-order valence-electron chi connectivity index (χ2n) is 7.65. The number of benzene rings is 1. The monoisotopic (exact) mass is 345 g/mol. The van der Waals surface area contributed by atoms with Gasteiger partial charge in [0.15, 0.2) is 5.43 Å². The van der Waals surface area contributed by atoms with Crippen molar-refractivity contribution in [1.29, 1.82) is 0 Å². The van der Waals surface area contributed by atoms with E-state index in [9.17, 15) is 4.79 Å². The molecule has 0 spiro atoms. The second-order valence-corrected chi connectivity index (χ2v) is 7.65. The van der Waals surface area contributed by atoms with E-state index < -0.39 is 0 Å². The number of likely N-dealkylation sites (N-methyl/N-ethyl adjacent to an activating group) is 1. The molecule has 132 valence electrons. The van der Waals surface area contributed by atoms with Crippen molar-refractivity contribution in [3.8, 4) is 0 Å². The van der Waals surface area contributed by atoms with Gasteiger partial charge >= 0.3 is 0 Å². The number of nitrogens with one attached hydrogen (secondary N) is 1. The molecule has 4 heteroatoms. The van der Waals surface area contributed by atoms with Crippen molar-refractivity contribution >= 4 is 22.7 Å². The number of fused-ring (bicyclic) bond motifs is 4. The average Bonchev–Trinajstić information content (AvgIpc) is 3.16. The molecule has 3 heterocycles. The SMILES string of the molecule is Cc1ccc2c(c1)c1c(n2C=C2CCc3[nH]ccc(=O)c32)CCN(C)C1. The van der Waals surface area contributed by atoms with Gasteiger partial charge in [-0.15, -0.1) is 0 Å². The molecular formula is C22H23N3O. The maximum atomic E-state index is 12.4. The molecule has 1 N–H and O–H groups in total. The summed E-state index contributed by atoms with van der Waals surface area (Å²) >= 11 is 0. The first-order valence-electron chi connectivity index (χ1n) is 9.34. The highest BCUT2D eigenvalue weighted by Crippen LogP contribution is 2.35. The van der Waals surface area contributed by atoms with Crippen LogP contribution >= 0.6 is 0 Å². The molecule has 1 aliphatic heterocycles. The largest absolute Gasteiger partial charge is 0.364 e. The number of hydrogen-bond donors (Lipinski definition) is 1. The van der Waals surface area contributed by atoms with E-state index in [0.29, 0.717) is 0 Å². The molecule has 0 amide bonds. The van der Waals surface area contributed by atoms with E-state index in [2.05, 4.69) is 52.8 Å². The van der Waals surface area contributed by atoms with Gasteiger partial charge in [-0.05, 0) is 50.1 Å². The van der Waals surface area contributed by atoms with Crippen LogP contribution in [0.3, 0.4) is 0 Å². The van der Waals surface area contributed by atoms with Gasteiger partial charge in [0.05, 0.1) is 5.52 Å². The normalized spacial score (nSPS) is 18.5. The molecule has 0 radical (unpaired) electrons. The van der Waals surface area contributed by atoms with E-state index >= 15 is 0 Å². The lowest BCUT2D eigenvalue weighted by atomic mass is 10.0. The van der Waals surface area contributed by atoms with Gasteiger partial charge in [0.2, 0.25) is 0 Å². The minimum Gasteiger partial charge on any atom is -0.364 e. The molecule has 0 saturated carbocycles. The van der Waals surface area contributed by atoms with Crippen LogP contribution in [0.5, 0.6) is 0 Å². The number of rotatable bonds is 1. The van der Waals surface area contributed by atoms with Crippen LogP contribution in [0.25, 0.3) is 22.7 Å². The molecule has 3 aromatic rings. The highest BCUT2D eigenvalue weighted by Gasteiger charge is 2.24. The Hall–Kier alpha value is -2.59. The standard InChI is InChI=1S/C22H23N3O/c1-14-3-6-19-16(11-14)17-13-24(2)10-8-20(17)25(19)12-15-4-5-18-22(15)21(26)7-9-23-18/h3,6-7,9,11-12H,4-5,8,10,13H2,1-2H3,(H,23,26). The molecule has 4 nitrogen and oxygen atoms in total. The number of nitrogens with zero attached hydrogens (tertiary/aromatic N) is 2. The highest BCUT2D eigenvalue weighted by molar-refractivity contribution is 5.91. The van der Waals surface area contributed by atoms with Crippen molar-refractivity contribution in [1.82, 2.24) is 14.5 Å². The van der Waals surface area contributed by atoms with Crippen molar-refractivity contribution < 1.29 is 0 Å². The van der Waals surface area contributed by atoms with Gasteiger partial charge in [-0.25, -0.2) is 0 Å². The van der Waals surface area contributed by atoms with E-state index in [1.165, 1.54) is 27.7 Å². The lowest BCUT2D eigenvalue weighted by molar-refractivity contribution is 0.312. The summed E-state index contributed by atoms with van der Waals surface area (Å²) in [5.74, 6) is 0. The molecule has 26 heavy (non-hydrogen) atoms. The summed E-state index contributed by atoms with van der Waals surface area (Å²) in [6.07, 6.45) is 6.87. The number of allylic oxidation sites excluding steroid dienone is 1. The maximum absolute atomic E-state index is 12.4. The van der Waals surface area contributed by atoms with Crippen molar-refractivity contribution in [3.05, 3.63) is 68.8 Å².